The van der Waals surface area contributed by atoms with E-state index < -0.39 is 11.5 Å². The number of rotatable bonds is 6. The zero-order chi connectivity index (χ0) is 13.8. The lowest BCUT2D eigenvalue weighted by Gasteiger charge is -2.35. The van der Waals surface area contributed by atoms with Gasteiger partial charge in [-0.1, -0.05) is 43.8 Å². The second-order valence-electron chi connectivity index (χ2n) is 4.66. The molecule has 1 unspecified atom stereocenters. The highest BCUT2D eigenvalue weighted by Crippen LogP contribution is 2.25. The summed E-state index contributed by atoms with van der Waals surface area (Å²) in [6, 6.07) is 7.79. The van der Waals surface area contributed by atoms with Gasteiger partial charge in [0, 0.05) is 6.42 Å². The average molecular weight is 247 g/mol. The van der Waals surface area contributed by atoms with Gasteiger partial charge in [0.15, 0.2) is 0 Å². The fourth-order valence-electron chi connectivity index (χ4n) is 2.23. The summed E-state index contributed by atoms with van der Waals surface area (Å²) in [6.45, 7) is 5.68. The van der Waals surface area contributed by atoms with Crippen LogP contribution in [-0.4, -0.2) is 35.6 Å². The minimum absolute atomic E-state index is 0.480. The molecule has 0 bridgehead atoms. The lowest BCUT2D eigenvalue weighted by atomic mass is 9.85. The first-order chi connectivity index (χ1) is 8.47. The molecule has 1 rings (SSSR count). The Labute approximate surface area is 109 Å². The minimum Gasteiger partial charge on any atom is -0.480 e. The van der Waals surface area contributed by atoms with E-state index in [2.05, 4.69) is 6.58 Å². The first-order valence-corrected chi connectivity index (χ1v) is 6.09. The SMILES string of the molecule is C=Cc1ccccc1CC(CC)(C(=O)O)N(C)C. The molecule has 3 heteroatoms. The predicted molar refractivity (Wildman–Crippen MR) is 74.6 cm³/mol. The second-order valence-corrected chi connectivity index (χ2v) is 4.66. The van der Waals surface area contributed by atoms with Crippen LogP contribution in [0.15, 0.2) is 30.8 Å². The van der Waals surface area contributed by atoms with Crippen molar-refractivity contribution in [3.8, 4) is 0 Å². The zero-order valence-corrected chi connectivity index (χ0v) is 11.3. The van der Waals surface area contributed by atoms with Gasteiger partial charge in [0.2, 0.25) is 0 Å². The molecule has 0 aromatic heterocycles. The summed E-state index contributed by atoms with van der Waals surface area (Å²) >= 11 is 0. The normalized spacial score (nSPS) is 14.2. The summed E-state index contributed by atoms with van der Waals surface area (Å²) in [5, 5.41) is 9.55. The maximum atomic E-state index is 11.6. The van der Waals surface area contributed by atoms with Crippen molar-refractivity contribution in [1.29, 1.82) is 0 Å². The number of carboxylic acid groups (broad SMARTS) is 1. The molecular formula is C15H21NO2. The molecular weight excluding hydrogens is 226 g/mol. The van der Waals surface area contributed by atoms with E-state index in [0.717, 1.165) is 11.1 Å². The average Bonchev–Trinajstić information content (AvgIpc) is 2.35. The number of hydrogen-bond acceptors (Lipinski definition) is 2. The minimum atomic E-state index is -0.862. The quantitative estimate of drug-likeness (QED) is 0.840. The molecule has 0 amide bonds. The number of hydrogen-bond donors (Lipinski definition) is 1. The maximum absolute atomic E-state index is 11.6. The molecule has 3 nitrogen and oxygen atoms in total. The second kappa shape index (κ2) is 5.83. The van der Waals surface area contributed by atoms with Crippen LogP contribution in [0.5, 0.6) is 0 Å². The number of benzene rings is 1. The Morgan fingerprint density at radius 2 is 2.06 bits per heavy atom. The van der Waals surface area contributed by atoms with Crippen LogP contribution in [0.3, 0.4) is 0 Å². The molecule has 1 aromatic rings. The Morgan fingerprint density at radius 1 is 1.44 bits per heavy atom. The summed E-state index contributed by atoms with van der Waals surface area (Å²) in [5.74, 6) is -0.783. The monoisotopic (exact) mass is 247 g/mol. The number of nitrogens with zero attached hydrogens (tertiary/aromatic N) is 1. The van der Waals surface area contributed by atoms with Gasteiger partial charge in [-0.3, -0.25) is 9.69 Å². The number of likely N-dealkylation sites (N-methyl/N-ethyl adjacent to an activating group) is 1. The molecule has 0 saturated heterocycles. The molecule has 0 fully saturated rings. The van der Waals surface area contributed by atoms with E-state index in [1.807, 2.05) is 45.3 Å². The summed E-state index contributed by atoms with van der Waals surface area (Å²) in [4.78, 5) is 13.4. The Bertz CT molecular complexity index is 440. The number of carbonyl (C=O) groups is 1. The molecule has 0 heterocycles. The van der Waals surface area contributed by atoms with Crippen molar-refractivity contribution in [2.45, 2.75) is 25.3 Å². The van der Waals surface area contributed by atoms with E-state index in [1.165, 1.54) is 0 Å². The lowest BCUT2D eigenvalue weighted by molar-refractivity contribution is -0.150. The lowest BCUT2D eigenvalue weighted by Crippen LogP contribution is -2.52. The van der Waals surface area contributed by atoms with Gasteiger partial charge in [-0.15, -0.1) is 0 Å². The molecule has 1 N–H and O–H groups in total. The third-order valence-electron chi connectivity index (χ3n) is 3.60. The molecule has 0 spiro atoms. The molecule has 0 aliphatic carbocycles. The topological polar surface area (TPSA) is 40.5 Å². The molecule has 0 saturated carbocycles. The van der Waals surface area contributed by atoms with E-state index >= 15 is 0 Å². The summed E-state index contributed by atoms with van der Waals surface area (Å²) in [7, 11) is 3.63. The van der Waals surface area contributed by atoms with Crippen LogP contribution in [0, 0.1) is 0 Å². The van der Waals surface area contributed by atoms with Crippen LogP contribution < -0.4 is 0 Å². The van der Waals surface area contributed by atoms with Gasteiger partial charge in [0.1, 0.15) is 5.54 Å². The van der Waals surface area contributed by atoms with E-state index in [-0.39, 0.29) is 0 Å². The third kappa shape index (κ3) is 2.62. The van der Waals surface area contributed by atoms with Gasteiger partial charge >= 0.3 is 5.97 Å². The van der Waals surface area contributed by atoms with Gasteiger partial charge < -0.3 is 5.11 Å². The first kappa shape index (κ1) is 14.5. The van der Waals surface area contributed by atoms with Crippen LogP contribution in [0.1, 0.15) is 24.5 Å². The van der Waals surface area contributed by atoms with Gasteiger partial charge in [0.25, 0.3) is 0 Å². The zero-order valence-electron chi connectivity index (χ0n) is 11.3. The smallest absolute Gasteiger partial charge is 0.324 e. The fourth-order valence-corrected chi connectivity index (χ4v) is 2.23. The molecule has 98 valence electrons. The summed E-state index contributed by atoms with van der Waals surface area (Å²) in [6.07, 6.45) is 2.81. The van der Waals surface area contributed by atoms with Crippen LogP contribution in [0.2, 0.25) is 0 Å². The van der Waals surface area contributed by atoms with E-state index in [0.29, 0.717) is 12.8 Å². The summed E-state index contributed by atoms with van der Waals surface area (Å²) in [5.41, 5.74) is 1.16. The Hall–Kier alpha value is -1.61. The van der Waals surface area contributed by atoms with Crippen LogP contribution in [-0.2, 0) is 11.2 Å². The highest BCUT2D eigenvalue weighted by atomic mass is 16.4. The predicted octanol–water partition coefficient (Wildman–Crippen LogP) is 2.67. The maximum Gasteiger partial charge on any atom is 0.324 e. The fraction of sp³-hybridized carbons (Fsp3) is 0.400. The van der Waals surface area contributed by atoms with Crippen LogP contribution in [0.4, 0.5) is 0 Å². The Balaban J connectivity index is 3.18. The highest BCUT2D eigenvalue weighted by molar-refractivity contribution is 5.79. The molecule has 0 aliphatic rings. The van der Waals surface area contributed by atoms with Crippen molar-refractivity contribution in [3.05, 3.63) is 42.0 Å². The summed E-state index contributed by atoms with van der Waals surface area (Å²) < 4.78 is 0. The van der Waals surface area contributed by atoms with E-state index in [1.54, 1.807) is 11.0 Å². The molecule has 1 atom stereocenters. The Morgan fingerprint density at radius 3 is 2.50 bits per heavy atom. The molecule has 18 heavy (non-hydrogen) atoms. The highest BCUT2D eigenvalue weighted by Gasteiger charge is 2.39. The molecule has 1 aromatic carbocycles. The van der Waals surface area contributed by atoms with Gasteiger partial charge in [0.05, 0.1) is 0 Å². The van der Waals surface area contributed by atoms with Crippen molar-refractivity contribution < 1.29 is 9.90 Å². The molecule has 0 aliphatic heterocycles. The van der Waals surface area contributed by atoms with E-state index in [9.17, 15) is 9.90 Å². The first-order valence-electron chi connectivity index (χ1n) is 6.09. The van der Waals surface area contributed by atoms with Crippen molar-refractivity contribution in [2.24, 2.45) is 0 Å². The van der Waals surface area contributed by atoms with E-state index in [4.69, 9.17) is 0 Å². The largest absolute Gasteiger partial charge is 0.480 e. The standard InChI is InChI=1S/C15H21NO2/c1-5-12-9-7-8-10-13(12)11-15(6-2,14(17)18)16(3)4/h5,7-10H,1,6,11H2,2-4H3,(H,17,18). The number of aliphatic carboxylic acids is 1. The van der Waals surface area contributed by atoms with Gasteiger partial charge in [-0.25, -0.2) is 0 Å². The van der Waals surface area contributed by atoms with Crippen molar-refractivity contribution >= 4 is 12.0 Å². The molecule has 0 radical (unpaired) electrons. The number of carboxylic acids is 1. The van der Waals surface area contributed by atoms with Gasteiger partial charge in [-0.2, -0.15) is 0 Å². The van der Waals surface area contributed by atoms with Crippen LogP contribution >= 0.6 is 0 Å². The van der Waals surface area contributed by atoms with Crippen LogP contribution in [0.25, 0.3) is 6.08 Å². The third-order valence-corrected chi connectivity index (χ3v) is 3.60. The van der Waals surface area contributed by atoms with Crippen molar-refractivity contribution in [1.82, 2.24) is 4.90 Å². The Kier molecular flexibility index (Phi) is 4.68. The van der Waals surface area contributed by atoms with Gasteiger partial charge in [-0.05, 0) is 31.6 Å². The van der Waals surface area contributed by atoms with Crippen molar-refractivity contribution in [2.75, 3.05) is 14.1 Å². The van der Waals surface area contributed by atoms with Crippen molar-refractivity contribution in [3.63, 3.8) is 0 Å².